The molecule has 7 heteroatoms. The van der Waals surface area contributed by atoms with Crippen LogP contribution in [0.1, 0.15) is 26.2 Å². The minimum atomic E-state index is -1.03. The van der Waals surface area contributed by atoms with Crippen LogP contribution < -0.4 is 10.6 Å². The van der Waals surface area contributed by atoms with Gasteiger partial charge >= 0.3 is 12.0 Å². The summed E-state index contributed by atoms with van der Waals surface area (Å²) in [5.74, 6) is -1.16. The smallest absolute Gasteiger partial charge is 0.323 e. The van der Waals surface area contributed by atoms with E-state index in [9.17, 15) is 14.4 Å². The molecular weight excluding hydrogens is 238 g/mol. The van der Waals surface area contributed by atoms with Crippen molar-refractivity contribution in [3.05, 3.63) is 0 Å². The van der Waals surface area contributed by atoms with Gasteiger partial charge in [0.05, 0.1) is 0 Å². The Morgan fingerprint density at radius 3 is 2.44 bits per heavy atom. The third-order valence-electron chi connectivity index (χ3n) is 2.56. The average molecular weight is 257 g/mol. The van der Waals surface area contributed by atoms with Gasteiger partial charge in [0.25, 0.3) is 0 Å². The molecule has 7 nitrogen and oxygen atoms in total. The Labute approximate surface area is 106 Å². The molecule has 3 N–H and O–H groups in total. The highest BCUT2D eigenvalue weighted by atomic mass is 16.4. The third-order valence-corrected chi connectivity index (χ3v) is 2.56. The maximum Gasteiger partial charge on any atom is 0.323 e. The Morgan fingerprint density at radius 2 is 1.94 bits per heavy atom. The lowest BCUT2D eigenvalue weighted by molar-refractivity contribution is -0.137. The van der Waals surface area contributed by atoms with Crippen molar-refractivity contribution in [3.63, 3.8) is 0 Å². The van der Waals surface area contributed by atoms with E-state index >= 15 is 0 Å². The number of urea groups is 1. The molecule has 1 fully saturated rings. The molecule has 0 radical (unpaired) electrons. The molecule has 102 valence electrons. The first-order valence-corrected chi connectivity index (χ1v) is 6.07. The highest BCUT2D eigenvalue weighted by Gasteiger charge is 2.33. The number of hydrogen-bond acceptors (Lipinski definition) is 3. The van der Waals surface area contributed by atoms with Crippen molar-refractivity contribution in [1.82, 2.24) is 15.5 Å². The fourth-order valence-electron chi connectivity index (χ4n) is 1.57. The molecule has 0 bridgehead atoms. The number of carbonyl (C=O) groups excluding carboxylic acids is 2. The van der Waals surface area contributed by atoms with Gasteiger partial charge in [0, 0.05) is 25.6 Å². The molecule has 0 aromatic rings. The number of amides is 3. The number of nitrogens with zero attached hydrogens (tertiary/aromatic N) is 1. The zero-order chi connectivity index (χ0) is 13.5. The minimum Gasteiger partial charge on any atom is -0.480 e. The third kappa shape index (κ3) is 5.03. The summed E-state index contributed by atoms with van der Waals surface area (Å²) in [6, 6.07) is -0.380. The molecule has 1 aliphatic rings. The lowest BCUT2D eigenvalue weighted by atomic mass is 10.4. The molecule has 0 unspecified atom stereocenters. The summed E-state index contributed by atoms with van der Waals surface area (Å²) in [6.07, 6.45) is 1.89. The second kappa shape index (κ2) is 6.83. The second-order valence-electron chi connectivity index (χ2n) is 4.19. The Hall–Kier alpha value is -1.79. The molecule has 0 aromatic heterocycles. The lowest BCUT2D eigenvalue weighted by Crippen LogP contribution is -2.45. The predicted molar refractivity (Wildman–Crippen MR) is 64.1 cm³/mol. The molecule has 18 heavy (non-hydrogen) atoms. The van der Waals surface area contributed by atoms with E-state index in [0.29, 0.717) is 6.54 Å². The van der Waals surface area contributed by atoms with Crippen molar-refractivity contribution >= 4 is 17.9 Å². The zero-order valence-electron chi connectivity index (χ0n) is 10.4. The summed E-state index contributed by atoms with van der Waals surface area (Å²) in [5.41, 5.74) is 0. The van der Waals surface area contributed by atoms with Gasteiger partial charge in [-0.25, -0.2) is 4.79 Å². The normalized spacial score (nSPS) is 13.8. The Bertz CT molecular complexity index is 328. The molecule has 1 saturated carbocycles. The minimum absolute atomic E-state index is 0.0329. The Balaban J connectivity index is 2.28. The number of carbonyl (C=O) groups is 3. The fraction of sp³-hybridized carbons (Fsp3) is 0.727. The van der Waals surface area contributed by atoms with Gasteiger partial charge in [-0.15, -0.1) is 0 Å². The summed E-state index contributed by atoms with van der Waals surface area (Å²) in [7, 11) is 0. The summed E-state index contributed by atoms with van der Waals surface area (Å²) < 4.78 is 0. The van der Waals surface area contributed by atoms with E-state index < -0.39 is 12.0 Å². The number of carboxylic acid groups (broad SMARTS) is 1. The van der Waals surface area contributed by atoms with Crippen molar-refractivity contribution in [3.8, 4) is 0 Å². The van der Waals surface area contributed by atoms with Crippen molar-refractivity contribution < 1.29 is 19.5 Å². The largest absolute Gasteiger partial charge is 0.480 e. The maximum absolute atomic E-state index is 11.7. The first-order chi connectivity index (χ1) is 8.54. The van der Waals surface area contributed by atoms with Crippen molar-refractivity contribution in [2.45, 2.75) is 32.2 Å². The van der Waals surface area contributed by atoms with E-state index in [1.165, 1.54) is 4.90 Å². The molecule has 1 aliphatic carbocycles. The molecule has 0 atom stereocenters. The van der Waals surface area contributed by atoms with Crippen molar-refractivity contribution in [2.75, 3.05) is 19.6 Å². The van der Waals surface area contributed by atoms with Gasteiger partial charge in [0.2, 0.25) is 5.91 Å². The Kier molecular flexibility index (Phi) is 5.41. The molecular formula is C11H19N3O4. The van der Waals surface area contributed by atoms with Gasteiger partial charge in [0.15, 0.2) is 0 Å². The van der Waals surface area contributed by atoms with E-state index in [1.807, 2.05) is 6.92 Å². The van der Waals surface area contributed by atoms with Gasteiger partial charge < -0.3 is 20.6 Å². The quantitative estimate of drug-likeness (QED) is 0.586. The summed E-state index contributed by atoms with van der Waals surface area (Å²) >= 11 is 0. The van der Waals surface area contributed by atoms with Gasteiger partial charge in [0.1, 0.15) is 6.54 Å². The number of carboxylic acids is 1. The van der Waals surface area contributed by atoms with Crippen LogP contribution in [0.3, 0.4) is 0 Å². The van der Waals surface area contributed by atoms with E-state index in [0.717, 1.165) is 12.8 Å². The molecule has 0 aromatic carbocycles. The summed E-state index contributed by atoms with van der Waals surface area (Å²) in [4.78, 5) is 34.8. The highest BCUT2D eigenvalue weighted by Crippen LogP contribution is 2.26. The number of nitrogens with one attached hydrogen (secondary N) is 2. The number of aliphatic carboxylic acids is 1. The van der Waals surface area contributed by atoms with Gasteiger partial charge in [-0.2, -0.15) is 0 Å². The number of hydrogen-bond donors (Lipinski definition) is 3. The van der Waals surface area contributed by atoms with E-state index in [2.05, 4.69) is 10.6 Å². The molecule has 0 heterocycles. The van der Waals surface area contributed by atoms with Gasteiger partial charge in [-0.1, -0.05) is 0 Å². The topological polar surface area (TPSA) is 98.7 Å². The van der Waals surface area contributed by atoms with Crippen LogP contribution in [0.2, 0.25) is 0 Å². The second-order valence-corrected chi connectivity index (χ2v) is 4.19. The predicted octanol–water partition coefficient (Wildman–Crippen LogP) is -0.229. The molecule has 1 rings (SSSR count). The van der Waals surface area contributed by atoms with Crippen molar-refractivity contribution in [1.29, 1.82) is 0 Å². The summed E-state index contributed by atoms with van der Waals surface area (Å²) in [6.45, 7) is 2.29. The maximum atomic E-state index is 11.7. The molecule has 0 spiro atoms. The zero-order valence-corrected chi connectivity index (χ0v) is 10.4. The standard InChI is InChI=1S/C11H19N3O4/c1-2-12-9(15)5-6-13-11(18)14(7-10(16)17)8-3-4-8/h8H,2-7H2,1H3,(H,12,15)(H,13,18)(H,16,17). The van der Waals surface area contributed by atoms with E-state index in [-0.39, 0.29) is 31.5 Å². The fourth-order valence-corrected chi connectivity index (χ4v) is 1.57. The monoisotopic (exact) mass is 257 g/mol. The van der Waals surface area contributed by atoms with Crippen LogP contribution in [0.5, 0.6) is 0 Å². The van der Waals surface area contributed by atoms with Crippen LogP contribution in [0.25, 0.3) is 0 Å². The van der Waals surface area contributed by atoms with Crippen LogP contribution in [-0.2, 0) is 9.59 Å². The number of rotatable bonds is 7. The highest BCUT2D eigenvalue weighted by molar-refractivity contribution is 5.81. The molecule has 0 saturated heterocycles. The van der Waals surface area contributed by atoms with Crippen LogP contribution in [0, 0.1) is 0 Å². The molecule has 3 amide bonds. The first-order valence-electron chi connectivity index (χ1n) is 6.07. The van der Waals surface area contributed by atoms with Crippen molar-refractivity contribution in [2.24, 2.45) is 0 Å². The van der Waals surface area contributed by atoms with Gasteiger partial charge in [-0.3, -0.25) is 9.59 Å². The Morgan fingerprint density at radius 1 is 1.28 bits per heavy atom. The van der Waals surface area contributed by atoms with Crippen LogP contribution >= 0.6 is 0 Å². The van der Waals surface area contributed by atoms with E-state index in [1.54, 1.807) is 0 Å². The van der Waals surface area contributed by atoms with Crippen LogP contribution in [-0.4, -0.2) is 53.6 Å². The lowest BCUT2D eigenvalue weighted by Gasteiger charge is -2.20. The molecule has 0 aliphatic heterocycles. The first kappa shape index (κ1) is 14.3. The van der Waals surface area contributed by atoms with Crippen LogP contribution in [0.15, 0.2) is 0 Å². The SMILES string of the molecule is CCNC(=O)CCNC(=O)N(CC(=O)O)C1CC1. The van der Waals surface area contributed by atoms with Crippen LogP contribution in [0.4, 0.5) is 4.79 Å². The summed E-state index contributed by atoms with van der Waals surface area (Å²) in [5, 5.41) is 13.9. The average Bonchev–Trinajstić information content (AvgIpc) is 3.09. The van der Waals surface area contributed by atoms with E-state index in [4.69, 9.17) is 5.11 Å². The van der Waals surface area contributed by atoms with Gasteiger partial charge in [-0.05, 0) is 19.8 Å².